The van der Waals surface area contributed by atoms with Gasteiger partial charge in [-0.15, -0.1) is 0 Å². The van der Waals surface area contributed by atoms with E-state index in [0.717, 1.165) is 23.8 Å². The first kappa shape index (κ1) is 17.1. The van der Waals surface area contributed by atoms with Gasteiger partial charge in [-0.2, -0.15) is 0 Å². The third-order valence-electron chi connectivity index (χ3n) is 4.35. The fraction of sp³-hybridized carbons (Fsp3) is 0.263. The Kier molecular flexibility index (Phi) is 4.79. The zero-order chi connectivity index (χ0) is 18.0. The SMILES string of the molecule is C[C@H]1C(=O)N(Cc2ccccc2)CC(=O)N1Cc1cc(F)ccc1F. The standard InChI is InChI=1S/C19H18F2N2O2/c1-13-19(25)22(10-14-5-3-2-4-6-14)12-18(24)23(13)11-15-9-16(20)7-8-17(15)21/h2-9,13H,10-12H2,1H3/t13-/m0/s1. The number of amides is 2. The molecule has 1 fully saturated rings. The van der Waals surface area contributed by atoms with Crippen LogP contribution in [0.25, 0.3) is 0 Å². The molecule has 3 rings (SSSR count). The van der Waals surface area contributed by atoms with Crippen LogP contribution in [0.4, 0.5) is 8.78 Å². The highest BCUT2D eigenvalue weighted by Crippen LogP contribution is 2.20. The molecular formula is C19H18F2N2O2. The average Bonchev–Trinajstić information content (AvgIpc) is 2.60. The predicted molar refractivity (Wildman–Crippen MR) is 88.2 cm³/mol. The van der Waals surface area contributed by atoms with Crippen LogP contribution in [-0.4, -0.2) is 34.2 Å². The van der Waals surface area contributed by atoms with E-state index < -0.39 is 17.7 Å². The van der Waals surface area contributed by atoms with E-state index in [1.165, 1.54) is 9.80 Å². The third-order valence-corrected chi connectivity index (χ3v) is 4.35. The van der Waals surface area contributed by atoms with Crippen LogP contribution in [0.5, 0.6) is 0 Å². The van der Waals surface area contributed by atoms with Crippen molar-refractivity contribution in [3.05, 3.63) is 71.3 Å². The number of halogens is 2. The molecule has 1 heterocycles. The van der Waals surface area contributed by atoms with Gasteiger partial charge in [-0.05, 0) is 30.7 Å². The zero-order valence-corrected chi connectivity index (χ0v) is 13.8. The number of hydrogen-bond acceptors (Lipinski definition) is 2. The predicted octanol–water partition coefficient (Wildman–Crippen LogP) is 2.72. The third kappa shape index (κ3) is 3.68. The van der Waals surface area contributed by atoms with Crippen LogP contribution >= 0.6 is 0 Å². The molecule has 0 unspecified atom stereocenters. The van der Waals surface area contributed by atoms with Crippen molar-refractivity contribution in [3.8, 4) is 0 Å². The number of piperazine rings is 1. The Labute approximate surface area is 144 Å². The highest BCUT2D eigenvalue weighted by molar-refractivity contribution is 5.94. The Bertz CT molecular complexity index is 795. The summed E-state index contributed by atoms with van der Waals surface area (Å²) in [6, 6.07) is 11.8. The summed E-state index contributed by atoms with van der Waals surface area (Å²) in [5.74, 6) is -1.67. The molecule has 1 aliphatic rings. The number of rotatable bonds is 4. The molecule has 2 aromatic rings. The van der Waals surface area contributed by atoms with Crippen molar-refractivity contribution in [1.82, 2.24) is 9.80 Å². The van der Waals surface area contributed by atoms with E-state index in [1.807, 2.05) is 30.3 Å². The van der Waals surface area contributed by atoms with Gasteiger partial charge in [-0.25, -0.2) is 8.78 Å². The van der Waals surface area contributed by atoms with Gasteiger partial charge in [0.1, 0.15) is 24.2 Å². The molecule has 25 heavy (non-hydrogen) atoms. The summed E-state index contributed by atoms with van der Waals surface area (Å²) < 4.78 is 27.2. The molecule has 0 spiro atoms. The van der Waals surface area contributed by atoms with Gasteiger partial charge in [-0.3, -0.25) is 9.59 Å². The first-order chi connectivity index (χ1) is 12.0. The first-order valence-electron chi connectivity index (χ1n) is 8.02. The van der Waals surface area contributed by atoms with Gasteiger partial charge in [0.05, 0.1) is 0 Å². The minimum absolute atomic E-state index is 0.0597. The normalized spacial score (nSPS) is 18.0. The van der Waals surface area contributed by atoms with Gasteiger partial charge in [0, 0.05) is 18.7 Å². The molecule has 0 bridgehead atoms. The Hall–Kier alpha value is -2.76. The van der Waals surface area contributed by atoms with E-state index in [1.54, 1.807) is 6.92 Å². The summed E-state index contributed by atoms with van der Waals surface area (Å²) >= 11 is 0. The summed E-state index contributed by atoms with van der Waals surface area (Å²) in [6.45, 7) is 1.75. The molecule has 0 saturated carbocycles. The Morgan fingerprint density at radius 2 is 1.76 bits per heavy atom. The lowest BCUT2D eigenvalue weighted by atomic mass is 10.1. The first-order valence-corrected chi connectivity index (χ1v) is 8.02. The highest BCUT2D eigenvalue weighted by Gasteiger charge is 2.36. The van der Waals surface area contributed by atoms with Crippen LogP contribution in [0.15, 0.2) is 48.5 Å². The second-order valence-corrected chi connectivity index (χ2v) is 6.11. The van der Waals surface area contributed by atoms with E-state index >= 15 is 0 Å². The van der Waals surface area contributed by atoms with Crippen LogP contribution < -0.4 is 0 Å². The second kappa shape index (κ2) is 7.01. The highest BCUT2D eigenvalue weighted by atomic mass is 19.1. The maximum atomic E-state index is 13.8. The van der Waals surface area contributed by atoms with Crippen molar-refractivity contribution in [3.63, 3.8) is 0 Å². The molecule has 2 aromatic carbocycles. The Balaban J connectivity index is 1.75. The number of benzene rings is 2. The summed E-state index contributed by atoms with van der Waals surface area (Å²) in [4.78, 5) is 27.8. The fourth-order valence-corrected chi connectivity index (χ4v) is 2.96. The Morgan fingerprint density at radius 3 is 2.48 bits per heavy atom. The molecule has 6 heteroatoms. The molecular weight excluding hydrogens is 326 g/mol. The maximum absolute atomic E-state index is 13.8. The molecule has 0 aromatic heterocycles. The van der Waals surface area contributed by atoms with Crippen LogP contribution in [-0.2, 0) is 22.7 Å². The minimum atomic E-state index is -0.729. The van der Waals surface area contributed by atoms with Crippen LogP contribution in [0.2, 0.25) is 0 Å². The van der Waals surface area contributed by atoms with E-state index in [0.29, 0.717) is 6.54 Å². The average molecular weight is 344 g/mol. The summed E-state index contributed by atoms with van der Waals surface area (Å²) in [6.07, 6.45) is 0. The van der Waals surface area contributed by atoms with Crippen LogP contribution in [0.1, 0.15) is 18.1 Å². The quantitative estimate of drug-likeness (QED) is 0.856. The van der Waals surface area contributed by atoms with Gasteiger partial charge in [0.2, 0.25) is 11.8 Å². The van der Waals surface area contributed by atoms with Gasteiger partial charge < -0.3 is 9.80 Å². The van der Waals surface area contributed by atoms with E-state index in [2.05, 4.69) is 0 Å². The zero-order valence-electron chi connectivity index (χ0n) is 13.8. The summed E-state index contributed by atoms with van der Waals surface area (Å²) in [5, 5.41) is 0. The van der Waals surface area contributed by atoms with Gasteiger partial charge in [-0.1, -0.05) is 30.3 Å². The lowest BCUT2D eigenvalue weighted by Gasteiger charge is -2.38. The molecule has 2 amide bonds. The molecule has 4 nitrogen and oxygen atoms in total. The number of nitrogens with zero attached hydrogens (tertiary/aromatic N) is 2. The largest absolute Gasteiger partial charge is 0.327 e. The lowest BCUT2D eigenvalue weighted by molar-refractivity contribution is -0.156. The second-order valence-electron chi connectivity index (χ2n) is 6.11. The van der Waals surface area contributed by atoms with E-state index in [4.69, 9.17) is 0 Å². The van der Waals surface area contributed by atoms with Crippen molar-refractivity contribution in [2.24, 2.45) is 0 Å². The van der Waals surface area contributed by atoms with Gasteiger partial charge in [0.15, 0.2) is 0 Å². The molecule has 0 radical (unpaired) electrons. The van der Waals surface area contributed by atoms with E-state index in [9.17, 15) is 18.4 Å². The summed E-state index contributed by atoms with van der Waals surface area (Å²) in [5.41, 5.74) is 0.991. The van der Waals surface area contributed by atoms with Gasteiger partial charge in [0.25, 0.3) is 0 Å². The monoisotopic (exact) mass is 344 g/mol. The van der Waals surface area contributed by atoms with Crippen LogP contribution in [0, 0.1) is 11.6 Å². The molecule has 0 aliphatic carbocycles. The fourth-order valence-electron chi connectivity index (χ4n) is 2.96. The van der Waals surface area contributed by atoms with Crippen molar-refractivity contribution in [2.75, 3.05) is 6.54 Å². The molecule has 0 N–H and O–H groups in total. The smallest absolute Gasteiger partial charge is 0.245 e. The van der Waals surface area contributed by atoms with Crippen molar-refractivity contribution >= 4 is 11.8 Å². The molecule has 1 atom stereocenters. The minimum Gasteiger partial charge on any atom is -0.327 e. The topological polar surface area (TPSA) is 40.6 Å². The van der Waals surface area contributed by atoms with Crippen molar-refractivity contribution in [2.45, 2.75) is 26.1 Å². The van der Waals surface area contributed by atoms with E-state index in [-0.39, 0.29) is 30.5 Å². The summed E-state index contributed by atoms with van der Waals surface area (Å²) in [7, 11) is 0. The molecule has 130 valence electrons. The maximum Gasteiger partial charge on any atom is 0.245 e. The Morgan fingerprint density at radius 1 is 1.04 bits per heavy atom. The number of carbonyl (C=O) groups excluding carboxylic acids is 2. The molecule has 1 aliphatic heterocycles. The number of carbonyl (C=O) groups is 2. The van der Waals surface area contributed by atoms with Gasteiger partial charge >= 0.3 is 0 Å². The van der Waals surface area contributed by atoms with Crippen molar-refractivity contribution < 1.29 is 18.4 Å². The molecule has 1 saturated heterocycles. The number of hydrogen-bond donors (Lipinski definition) is 0. The van der Waals surface area contributed by atoms with Crippen molar-refractivity contribution in [1.29, 1.82) is 0 Å². The van der Waals surface area contributed by atoms with Crippen LogP contribution in [0.3, 0.4) is 0 Å². The lowest BCUT2D eigenvalue weighted by Crippen LogP contribution is -2.58.